The first-order chi connectivity index (χ1) is 18.4. The Kier molecular flexibility index (Phi) is 7.01. The molecule has 0 unspecified atom stereocenters. The molecule has 0 amide bonds. The summed E-state index contributed by atoms with van der Waals surface area (Å²) in [4.78, 5) is 0.0606. The predicted octanol–water partition coefficient (Wildman–Crippen LogP) is 6.00. The van der Waals surface area contributed by atoms with E-state index < -0.39 is 25.7 Å². The Morgan fingerprint density at radius 2 is 0.846 bits per heavy atom. The lowest BCUT2D eigenvalue weighted by molar-refractivity contribution is 0.180. The Morgan fingerprint density at radius 1 is 0.513 bits per heavy atom. The molecule has 0 atom stereocenters. The second kappa shape index (κ2) is 10.0. The minimum atomic E-state index is -4.14. The van der Waals surface area contributed by atoms with E-state index in [2.05, 4.69) is 0 Å². The molecule has 4 aromatic carbocycles. The Labute approximate surface area is 230 Å². The highest BCUT2D eigenvalue weighted by Gasteiger charge is 2.46. The van der Waals surface area contributed by atoms with Crippen LogP contribution in [-0.2, 0) is 34.0 Å². The highest BCUT2D eigenvalue weighted by Crippen LogP contribution is 2.50. The van der Waals surface area contributed by atoms with Crippen LogP contribution in [0.1, 0.15) is 33.4 Å². The van der Waals surface area contributed by atoms with Crippen LogP contribution in [0.3, 0.4) is 0 Å². The molecule has 0 aromatic heterocycles. The molecule has 0 radical (unpaired) electrons. The van der Waals surface area contributed by atoms with Gasteiger partial charge in [-0.2, -0.15) is 16.8 Å². The highest BCUT2D eigenvalue weighted by molar-refractivity contribution is 7.87. The number of aryl methyl sites for hydroxylation is 4. The fourth-order valence-electron chi connectivity index (χ4n) is 5.00. The van der Waals surface area contributed by atoms with Gasteiger partial charge in [-0.3, -0.25) is 8.37 Å². The zero-order valence-corrected chi connectivity index (χ0v) is 23.9. The van der Waals surface area contributed by atoms with E-state index in [9.17, 15) is 16.8 Å². The summed E-state index contributed by atoms with van der Waals surface area (Å²) in [5.41, 5.74) is 6.02. The third-order valence-corrected chi connectivity index (χ3v) is 9.77. The van der Waals surface area contributed by atoms with Crippen LogP contribution in [0.25, 0.3) is 11.1 Å². The van der Waals surface area contributed by atoms with E-state index in [1.807, 2.05) is 64.1 Å². The fourth-order valence-corrected chi connectivity index (χ4v) is 6.92. The molecule has 0 N–H and O–H groups in total. The van der Waals surface area contributed by atoms with Gasteiger partial charge in [0.05, 0.1) is 28.4 Å². The molecule has 0 saturated heterocycles. The van der Waals surface area contributed by atoms with E-state index in [-0.39, 0.29) is 23.0 Å². The number of hydrogen-bond donors (Lipinski definition) is 0. The van der Waals surface area contributed by atoms with Crippen LogP contribution in [0.2, 0.25) is 0 Å². The topological polar surface area (TPSA) is 86.7 Å². The van der Waals surface area contributed by atoms with Gasteiger partial charge in [0.25, 0.3) is 20.2 Å². The first-order valence-electron chi connectivity index (χ1n) is 12.6. The van der Waals surface area contributed by atoms with Crippen molar-refractivity contribution in [3.8, 4) is 11.1 Å². The summed E-state index contributed by atoms with van der Waals surface area (Å²) in [6.07, 6.45) is 0. The van der Waals surface area contributed by atoms with E-state index in [1.165, 1.54) is 24.3 Å². The Hall–Kier alpha value is -3.30. The normalized spacial score (nSPS) is 14.2. The summed E-state index contributed by atoms with van der Waals surface area (Å²) in [5, 5.41) is 0. The molecule has 0 saturated carbocycles. The molecule has 0 fully saturated rings. The van der Waals surface area contributed by atoms with Crippen LogP contribution in [-0.4, -0.2) is 30.0 Å². The molecular weight excluding hydrogens is 532 g/mol. The van der Waals surface area contributed by atoms with Crippen molar-refractivity contribution in [3.63, 3.8) is 0 Å². The van der Waals surface area contributed by atoms with Gasteiger partial charge in [0.2, 0.25) is 0 Å². The number of fused-ring (bicyclic) bond motifs is 3. The highest BCUT2D eigenvalue weighted by atomic mass is 32.2. The van der Waals surface area contributed by atoms with Gasteiger partial charge in [-0.15, -0.1) is 0 Å². The van der Waals surface area contributed by atoms with Crippen molar-refractivity contribution >= 4 is 20.2 Å². The van der Waals surface area contributed by atoms with Crippen molar-refractivity contribution in [2.75, 3.05) is 13.2 Å². The molecule has 4 aromatic rings. The van der Waals surface area contributed by atoms with Gasteiger partial charge in [-0.25, -0.2) is 0 Å². The van der Waals surface area contributed by atoms with Crippen molar-refractivity contribution in [2.24, 2.45) is 0 Å². The largest absolute Gasteiger partial charge is 0.297 e. The number of rotatable bonds is 8. The maximum Gasteiger partial charge on any atom is 0.297 e. The molecular formula is C31H30O6S2. The molecule has 1 aliphatic carbocycles. The molecule has 0 spiro atoms. The molecule has 0 bridgehead atoms. The Balaban J connectivity index is 1.60. The van der Waals surface area contributed by atoms with Gasteiger partial charge in [-0.05, 0) is 74.2 Å². The van der Waals surface area contributed by atoms with Crippen LogP contribution in [0.4, 0.5) is 0 Å². The van der Waals surface area contributed by atoms with Gasteiger partial charge in [-0.1, -0.05) is 82.9 Å². The van der Waals surface area contributed by atoms with Crippen LogP contribution in [0.5, 0.6) is 0 Å². The maximum atomic E-state index is 13.2. The van der Waals surface area contributed by atoms with E-state index in [0.717, 1.165) is 44.5 Å². The molecule has 0 aliphatic heterocycles. The number of hydrogen-bond acceptors (Lipinski definition) is 6. The predicted molar refractivity (Wildman–Crippen MR) is 151 cm³/mol. The second-order valence-electron chi connectivity index (χ2n) is 10.2. The first kappa shape index (κ1) is 27.3. The summed E-state index contributed by atoms with van der Waals surface area (Å²) in [7, 11) is -8.28. The van der Waals surface area contributed by atoms with Gasteiger partial charge in [0.15, 0.2) is 0 Å². The van der Waals surface area contributed by atoms with Crippen molar-refractivity contribution in [1.82, 2.24) is 0 Å². The van der Waals surface area contributed by atoms with Gasteiger partial charge >= 0.3 is 0 Å². The maximum absolute atomic E-state index is 13.2. The average molecular weight is 563 g/mol. The lowest BCUT2D eigenvalue weighted by Crippen LogP contribution is -2.38. The first-order valence-corrected chi connectivity index (χ1v) is 15.4. The smallest absolute Gasteiger partial charge is 0.265 e. The van der Waals surface area contributed by atoms with Gasteiger partial charge in [0, 0.05) is 0 Å². The van der Waals surface area contributed by atoms with E-state index in [0.29, 0.717) is 0 Å². The summed E-state index contributed by atoms with van der Waals surface area (Å²) >= 11 is 0. The zero-order valence-electron chi connectivity index (χ0n) is 22.3. The van der Waals surface area contributed by atoms with Gasteiger partial charge in [0.1, 0.15) is 0 Å². The van der Waals surface area contributed by atoms with Crippen LogP contribution < -0.4 is 0 Å². The van der Waals surface area contributed by atoms with E-state index in [4.69, 9.17) is 8.37 Å². The van der Waals surface area contributed by atoms with Crippen LogP contribution in [0, 0.1) is 27.7 Å². The summed E-state index contributed by atoms with van der Waals surface area (Å²) in [6.45, 7) is 7.03. The van der Waals surface area contributed by atoms with Crippen molar-refractivity contribution in [2.45, 2.75) is 42.9 Å². The minimum absolute atomic E-state index is 0.0303. The molecule has 1 aliphatic rings. The Bertz CT molecular complexity index is 1620. The van der Waals surface area contributed by atoms with Crippen molar-refractivity contribution < 1.29 is 25.2 Å². The lowest BCUT2D eigenvalue weighted by atomic mass is 9.79. The standard InChI is InChI=1S/C31H30O6S2/c1-21-5-11-25(12-6-21)38(32,33)36-19-31(20-37-39(34,35)26-13-7-22(2)8-14-26)29-15-9-23(3)17-27(29)28-18-24(4)10-16-30(28)31/h5-18H,19-20H2,1-4H3. The fraction of sp³-hybridized carbons (Fsp3) is 0.226. The SMILES string of the molecule is Cc1ccc(S(=O)(=O)OCC2(COS(=O)(=O)c3ccc(C)cc3)c3ccc(C)cc3-c3cc(C)ccc32)cc1. The molecule has 39 heavy (non-hydrogen) atoms. The summed E-state index contributed by atoms with van der Waals surface area (Å²) in [5.74, 6) is 0. The quantitative estimate of drug-likeness (QED) is 0.245. The van der Waals surface area contributed by atoms with E-state index >= 15 is 0 Å². The Morgan fingerprint density at radius 3 is 1.21 bits per heavy atom. The monoisotopic (exact) mass is 562 g/mol. The molecule has 202 valence electrons. The third kappa shape index (κ3) is 5.17. The molecule has 5 rings (SSSR count). The third-order valence-electron chi connectivity index (χ3n) is 7.21. The summed E-state index contributed by atoms with van der Waals surface area (Å²) in [6, 6.07) is 24.5. The lowest BCUT2D eigenvalue weighted by Gasteiger charge is -2.31. The van der Waals surface area contributed by atoms with Crippen LogP contribution >= 0.6 is 0 Å². The zero-order chi connectivity index (χ0) is 28.0. The molecule has 0 heterocycles. The second-order valence-corrected chi connectivity index (χ2v) is 13.5. The van der Waals surface area contributed by atoms with Crippen LogP contribution in [0.15, 0.2) is 94.7 Å². The molecule has 6 nitrogen and oxygen atoms in total. The molecule has 8 heteroatoms. The van der Waals surface area contributed by atoms with E-state index in [1.54, 1.807) is 24.3 Å². The number of benzene rings is 4. The average Bonchev–Trinajstić information content (AvgIpc) is 3.15. The summed E-state index contributed by atoms with van der Waals surface area (Å²) < 4.78 is 64.4. The van der Waals surface area contributed by atoms with Gasteiger partial charge < -0.3 is 0 Å². The van der Waals surface area contributed by atoms with Crippen molar-refractivity contribution in [1.29, 1.82) is 0 Å². The minimum Gasteiger partial charge on any atom is -0.265 e. The van der Waals surface area contributed by atoms with Crippen molar-refractivity contribution in [3.05, 3.63) is 118 Å².